The number of carbonyl (C=O) groups is 2. The molecule has 1 saturated heterocycles. The maximum Gasteiger partial charge on any atom is 0.407 e. The molecule has 0 saturated carbocycles. The minimum Gasteiger partial charge on any atom is -0.461 e. The smallest absolute Gasteiger partial charge is 0.407 e. The van der Waals surface area contributed by atoms with Crippen molar-refractivity contribution in [3.05, 3.63) is 16.1 Å². The molecule has 1 aromatic rings. The van der Waals surface area contributed by atoms with Gasteiger partial charge in [-0.3, -0.25) is 0 Å². The predicted octanol–water partition coefficient (Wildman–Crippen LogP) is 3.02. The van der Waals surface area contributed by atoms with Gasteiger partial charge in [0.05, 0.1) is 17.8 Å². The van der Waals surface area contributed by atoms with E-state index in [-0.39, 0.29) is 12.1 Å². The first-order valence-electron chi connectivity index (χ1n) is 9.10. The van der Waals surface area contributed by atoms with Gasteiger partial charge >= 0.3 is 12.1 Å². The predicted molar refractivity (Wildman–Crippen MR) is 101 cm³/mol. The van der Waals surface area contributed by atoms with Crippen LogP contribution in [0.5, 0.6) is 0 Å². The number of hydrogen-bond acceptors (Lipinski definition) is 7. The second-order valence-electron chi connectivity index (χ2n) is 7.41. The molecule has 8 heteroatoms. The number of esters is 1. The molecule has 1 amide bonds. The molecule has 0 bridgehead atoms. The average molecular weight is 384 g/mol. The van der Waals surface area contributed by atoms with Crippen LogP contribution in [0.25, 0.3) is 0 Å². The quantitative estimate of drug-likeness (QED) is 0.729. The lowest BCUT2D eigenvalue weighted by Gasteiger charge is -2.21. The van der Waals surface area contributed by atoms with Gasteiger partial charge in [0.1, 0.15) is 10.5 Å². The Labute approximate surface area is 159 Å². The number of nitrogens with one attached hydrogen (secondary N) is 1. The number of nitrogens with zero attached hydrogens (tertiary/aromatic N) is 2. The molecular weight excluding hydrogens is 354 g/mol. The summed E-state index contributed by atoms with van der Waals surface area (Å²) in [6.45, 7) is 11.1. The Hall–Kier alpha value is -1.67. The van der Waals surface area contributed by atoms with Gasteiger partial charge in [-0.2, -0.15) is 0 Å². The van der Waals surface area contributed by atoms with Gasteiger partial charge in [-0.25, -0.2) is 14.6 Å². The highest BCUT2D eigenvalue weighted by Gasteiger charge is 2.27. The minimum absolute atomic E-state index is 0.285. The largest absolute Gasteiger partial charge is 0.461 e. The Morgan fingerprint density at radius 3 is 2.88 bits per heavy atom. The number of carbonyl (C=O) groups excluding carboxylic acids is 2. The van der Waals surface area contributed by atoms with Crippen LogP contribution in [0, 0.1) is 0 Å². The number of thiazole rings is 1. The van der Waals surface area contributed by atoms with Crippen LogP contribution in [0.4, 0.5) is 4.79 Å². The van der Waals surface area contributed by atoms with Gasteiger partial charge < -0.3 is 19.7 Å². The van der Waals surface area contributed by atoms with E-state index < -0.39 is 5.60 Å². The molecule has 0 aromatic carbocycles. The average Bonchev–Trinajstić information content (AvgIpc) is 3.19. The Morgan fingerprint density at radius 2 is 2.19 bits per heavy atom. The van der Waals surface area contributed by atoms with E-state index in [0.717, 1.165) is 37.5 Å². The molecule has 1 atom stereocenters. The van der Waals surface area contributed by atoms with E-state index in [2.05, 4.69) is 15.2 Å². The van der Waals surface area contributed by atoms with Crippen molar-refractivity contribution in [1.29, 1.82) is 0 Å². The number of hydrogen-bond donors (Lipinski definition) is 1. The summed E-state index contributed by atoms with van der Waals surface area (Å²) in [5, 5.41) is 3.76. The van der Waals surface area contributed by atoms with E-state index in [9.17, 15) is 9.59 Å². The molecule has 1 fully saturated rings. The minimum atomic E-state index is -0.482. The Bertz CT molecular complexity index is 612. The van der Waals surface area contributed by atoms with Crippen LogP contribution >= 0.6 is 11.3 Å². The third kappa shape index (κ3) is 6.57. The van der Waals surface area contributed by atoms with Crippen LogP contribution in [0.15, 0.2) is 6.20 Å². The van der Waals surface area contributed by atoms with E-state index >= 15 is 0 Å². The second kappa shape index (κ2) is 9.32. The van der Waals surface area contributed by atoms with Crippen molar-refractivity contribution in [2.45, 2.75) is 52.1 Å². The van der Waals surface area contributed by atoms with Crippen molar-refractivity contribution >= 4 is 23.4 Å². The molecule has 0 radical (unpaired) electrons. The molecule has 1 aliphatic rings. The van der Waals surface area contributed by atoms with Crippen molar-refractivity contribution in [3.63, 3.8) is 0 Å². The SMILES string of the molecule is CCCOC(=O)c1cnc(C2CCN(CCNC(=O)OC(C)(C)C)C2)s1. The molecule has 1 aromatic heterocycles. The van der Waals surface area contributed by atoms with E-state index in [1.807, 2.05) is 27.7 Å². The number of likely N-dealkylation sites (tertiary alicyclic amines) is 1. The first-order valence-corrected chi connectivity index (χ1v) is 9.92. The third-order valence-corrected chi connectivity index (χ3v) is 5.02. The fraction of sp³-hybridized carbons (Fsp3) is 0.722. The summed E-state index contributed by atoms with van der Waals surface area (Å²) >= 11 is 1.42. The molecule has 0 aliphatic carbocycles. The Morgan fingerprint density at radius 1 is 1.42 bits per heavy atom. The number of ether oxygens (including phenoxy) is 2. The van der Waals surface area contributed by atoms with Gasteiger partial charge in [-0.15, -0.1) is 11.3 Å². The standard InChI is InChI=1S/C18H29N3O4S/c1-5-10-24-16(22)14-11-20-15(26-14)13-6-8-21(12-13)9-7-19-17(23)25-18(2,3)4/h11,13H,5-10,12H2,1-4H3,(H,19,23). The first-order chi connectivity index (χ1) is 12.3. The molecule has 146 valence electrons. The van der Waals surface area contributed by atoms with Crippen molar-refractivity contribution in [2.24, 2.45) is 0 Å². The molecular formula is C18H29N3O4S. The van der Waals surface area contributed by atoms with Gasteiger partial charge in [0, 0.05) is 25.6 Å². The van der Waals surface area contributed by atoms with Crippen molar-refractivity contribution in [2.75, 3.05) is 32.8 Å². The monoisotopic (exact) mass is 383 g/mol. The van der Waals surface area contributed by atoms with E-state index in [1.54, 1.807) is 6.20 Å². The zero-order chi connectivity index (χ0) is 19.2. The molecule has 0 spiro atoms. The number of alkyl carbamates (subject to hydrolysis) is 1. The fourth-order valence-corrected chi connectivity index (χ4v) is 3.64. The summed E-state index contributed by atoms with van der Waals surface area (Å²) in [5.74, 6) is 0.0428. The van der Waals surface area contributed by atoms with Crippen LogP contribution in [0.3, 0.4) is 0 Å². The van der Waals surface area contributed by atoms with Gasteiger partial charge in [0.25, 0.3) is 0 Å². The van der Waals surface area contributed by atoms with Crippen LogP contribution in [0.2, 0.25) is 0 Å². The highest BCUT2D eigenvalue weighted by atomic mass is 32.1. The molecule has 26 heavy (non-hydrogen) atoms. The maximum absolute atomic E-state index is 11.9. The van der Waals surface area contributed by atoms with E-state index in [4.69, 9.17) is 9.47 Å². The lowest BCUT2D eigenvalue weighted by Crippen LogP contribution is -2.37. The van der Waals surface area contributed by atoms with Crippen LogP contribution < -0.4 is 5.32 Å². The van der Waals surface area contributed by atoms with Crippen LogP contribution in [-0.2, 0) is 9.47 Å². The first kappa shape index (κ1) is 20.6. The molecule has 1 N–H and O–H groups in total. The summed E-state index contributed by atoms with van der Waals surface area (Å²) in [7, 11) is 0. The summed E-state index contributed by atoms with van der Waals surface area (Å²) < 4.78 is 10.4. The number of amides is 1. The van der Waals surface area contributed by atoms with Gasteiger partial charge in [-0.05, 0) is 40.2 Å². The van der Waals surface area contributed by atoms with Crippen molar-refractivity contribution in [3.8, 4) is 0 Å². The molecule has 7 nitrogen and oxygen atoms in total. The number of aromatic nitrogens is 1. The van der Waals surface area contributed by atoms with Gasteiger partial charge in [0.2, 0.25) is 0 Å². The maximum atomic E-state index is 11.9. The molecule has 2 heterocycles. The van der Waals surface area contributed by atoms with E-state index in [1.165, 1.54) is 11.3 Å². The molecule has 1 unspecified atom stereocenters. The summed E-state index contributed by atoms with van der Waals surface area (Å²) in [5.41, 5.74) is -0.482. The lowest BCUT2D eigenvalue weighted by molar-refractivity contribution is 0.0505. The molecule has 1 aliphatic heterocycles. The summed E-state index contributed by atoms with van der Waals surface area (Å²) in [6.07, 6.45) is 3.05. The fourth-order valence-electron chi connectivity index (χ4n) is 2.70. The topological polar surface area (TPSA) is 80.8 Å². The summed E-state index contributed by atoms with van der Waals surface area (Å²) in [6, 6.07) is 0. The Kier molecular flexibility index (Phi) is 7.40. The molecule has 2 rings (SSSR count). The second-order valence-corrected chi connectivity index (χ2v) is 8.48. The Balaban J connectivity index is 1.74. The zero-order valence-corrected chi connectivity index (χ0v) is 16.9. The van der Waals surface area contributed by atoms with Gasteiger partial charge in [0.15, 0.2) is 0 Å². The number of rotatable bonds is 7. The van der Waals surface area contributed by atoms with Crippen molar-refractivity contribution in [1.82, 2.24) is 15.2 Å². The lowest BCUT2D eigenvalue weighted by atomic mass is 10.1. The third-order valence-electron chi connectivity index (χ3n) is 3.88. The van der Waals surface area contributed by atoms with Crippen molar-refractivity contribution < 1.29 is 19.1 Å². The highest BCUT2D eigenvalue weighted by molar-refractivity contribution is 7.13. The normalized spacial score (nSPS) is 17.9. The summed E-state index contributed by atoms with van der Waals surface area (Å²) in [4.78, 5) is 30.8. The zero-order valence-electron chi connectivity index (χ0n) is 16.0. The highest BCUT2D eigenvalue weighted by Crippen LogP contribution is 2.30. The van der Waals surface area contributed by atoms with Gasteiger partial charge in [-0.1, -0.05) is 6.92 Å². The van der Waals surface area contributed by atoms with Crippen LogP contribution in [-0.4, -0.2) is 60.3 Å². The van der Waals surface area contributed by atoms with E-state index in [0.29, 0.717) is 23.9 Å². The van der Waals surface area contributed by atoms with Crippen LogP contribution in [0.1, 0.15) is 61.1 Å².